The third kappa shape index (κ3) is 4.34. The largest absolute Gasteiger partial charge is 0.354 e. The highest BCUT2D eigenvalue weighted by Crippen LogP contribution is 2.33. The van der Waals surface area contributed by atoms with E-state index in [0.29, 0.717) is 36.3 Å². The van der Waals surface area contributed by atoms with Crippen molar-refractivity contribution in [3.63, 3.8) is 0 Å². The number of piperazine rings is 1. The van der Waals surface area contributed by atoms with E-state index < -0.39 is 10.0 Å². The molecule has 1 N–H and O–H groups in total. The lowest BCUT2D eigenvalue weighted by Crippen LogP contribution is -2.48. The molecule has 0 bridgehead atoms. The summed E-state index contributed by atoms with van der Waals surface area (Å²) >= 11 is 2.84. The number of nitrogens with zero attached hydrogens (tertiary/aromatic N) is 5. The predicted octanol–water partition coefficient (Wildman–Crippen LogP) is 3.22. The van der Waals surface area contributed by atoms with Crippen molar-refractivity contribution in [2.45, 2.75) is 25.0 Å². The number of hydrogen-bond donors (Lipinski definition) is 1. The molecule has 3 aromatic rings. The summed E-state index contributed by atoms with van der Waals surface area (Å²) in [5.41, 5.74) is 1.72. The van der Waals surface area contributed by atoms with Gasteiger partial charge in [0.2, 0.25) is 5.95 Å². The van der Waals surface area contributed by atoms with Gasteiger partial charge in [-0.05, 0) is 32.9 Å². The third-order valence-corrected chi connectivity index (χ3v) is 9.03. The lowest BCUT2D eigenvalue weighted by Gasteiger charge is -2.34. The van der Waals surface area contributed by atoms with Crippen LogP contribution in [0.3, 0.4) is 0 Å². The molecule has 1 aliphatic rings. The van der Waals surface area contributed by atoms with Crippen LogP contribution < -0.4 is 10.2 Å². The van der Waals surface area contributed by atoms with E-state index in [1.807, 2.05) is 38.3 Å². The summed E-state index contributed by atoms with van der Waals surface area (Å²) in [5, 5.41) is 6.07. The van der Waals surface area contributed by atoms with Crippen LogP contribution in [0.1, 0.15) is 17.6 Å². The molecule has 3 aromatic heterocycles. The number of thiophene rings is 1. The first-order valence-electron chi connectivity index (χ1n) is 9.74. The second-order valence-corrected chi connectivity index (χ2v) is 11.3. The summed E-state index contributed by atoms with van der Waals surface area (Å²) < 4.78 is 28.2. The Labute approximate surface area is 184 Å². The van der Waals surface area contributed by atoms with Gasteiger partial charge in [0.25, 0.3) is 10.0 Å². The molecule has 0 amide bonds. The first-order valence-corrected chi connectivity index (χ1v) is 12.9. The lowest BCUT2D eigenvalue weighted by molar-refractivity contribution is 0.384. The quantitative estimate of drug-likeness (QED) is 0.599. The molecular formula is C19H24N6O2S3. The van der Waals surface area contributed by atoms with E-state index in [1.54, 1.807) is 21.7 Å². The molecule has 1 fully saturated rings. The normalized spacial score (nSPS) is 15.5. The van der Waals surface area contributed by atoms with Crippen LogP contribution in [0.5, 0.6) is 0 Å². The van der Waals surface area contributed by atoms with Gasteiger partial charge >= 0.3 is 0 Å². The predicted molar refractivity (Wildman–Crippen MR) is 122 cm³/mol. The Kier molecular flexibility index (Phi) is 6.05. The van der Waals surface area contributed by atoms with Gasteiger partial charge in [-0.25, -0.2) is 18.4 Å². The van der Waals surface area contributed by atoms with Crippen molar-refractivity contribution in [2.75, 3.05) is 42.9 Å². The van der Waals surface area contributed by atoms with Gasteiger partial charge in [-0.15, -0.1) is 22.7 Å². The molecule has 0 aliphatic carbocycles. The van der Waals surface area contributed by atoms with Crippen molar-refractivity contribution in [3.8, 4) is 10.6 Å². The molecule has 1 aliphatic heterocycles. The van der Waals surface area contributed by atoms with Gasteiger partial charge in [0.15, 0.2) is 0 Å². The molecule has 4 rings (SSSR count). The Morgan fingerprint density at radius 2 is 1.87 bits per heavy atom. The van der Waals surface area contributed by atoms with Crippen molar-refractivity contribution in [2.24, 2.45) is 0 Å². The molecule has 4 heterocycles. The number of hydrogen-bond acceptors (Lipinski definition) is 9. The first kappa shape index (κ1) is 21.2. The van der Waals surface area contributed by atoms with Crippen LogP contribution in [-0.2, 0) is 10.0 Å². The first-order chi connectivity index (χ1) is 14.4. The Bertz CT molecular complexity index is 1130. The molecule has 0 aromatic carbocycles. The number of aromatic nitrogens is 3. The third-order valence-electron chi connectivity index (χ3n) is 4.79. The lowest BCUT2D eigenvalue weighted by atomic mass is 10.3. The fourth-order valence-corrected chi connectivity index (χ4v) is 6.84. The molecule has 8 nitrogen and oxygen atoms in total. The van der Waals surface area contributed by atoms with E-state index in [1.165, 1.54) is 11.3 Å². The van der Waals surface area contributed by atoms with Crippen molar-refractivity contribution in [3.05, 3.63) is 34.3 Å². The summed E-state index contributed by atoms with van der Waals surface area (Å²) in [5.74, 6) is 1.43. The zero-order chi connectivity index (χ0) is 21.3. The van der Waals surface area contributed by atoms with Crippen molar-refractivity contribution in [1.29, 1.82) is 0 Å². The Balaban J connectivity index is 1.47. The monoisotopic (exact) mass is 464 g/mol. The van der Waals surface area contributed by atoms with Gasteiger partial charge in [-0.2, -0.15) is 9.29 Å². The minimum absolute atomic E-state index is 0.365. The molecule has 30 heavy (non-hydrogen) atoms. The molecular weight excluding hydrogens is 440 g/mol. The van der Waals surface area contributed by atoms with Gasteiger partial charge in [-0.3, -0.25) is 0 Å². The van der Waals surface area contributed by atoms with Crippen molar-refractivity contribution in [1.82, 2.24) is 19.3 Å². The highest BCUT2D eigenvalue weighted by Gasteiger charge is 2.30. The molecule has 0 atom stereocenters. The van der Waals surface area contributed by atoms with Crippen LogP contribution in [0.15, 0.2) is 27.8 Å². The topological polar surface area (TPSA) is 91.3 Å². The summed E-state index contributed by atoms with van der Waals surface area (Å²) in [7, 11) is -3.52. The number of rotatable bonds is 6. The molecule has 0 spiro atoms. The van der Waals surface area contributed by atoms with Gasteiger partial charge in [0.05, 0.1) is 15.6 Å². The number of thiazole rings is 1. The summed E-state index contributed by atoms with van der Waals surface area (Å²) in [6, 6.07) is 5.47. The van der Waals surface area contributed by atoms with Crippen molar-refractivity contribution < 1.29 is 8.42 Å². The van der Waals surface area contributed by atoms with Crippen molar-refractivity contribution >= 4 is 44.5 Å². The average Bonchev–Trinajstić information content (AvgIpc) is 3.37. The van der Waals surface area contributed by atoms with Crippen LogP contribution in [0.2, 0.25) is 0 Å². The van der Waals surface area contributed by atoms with E-state index >= 15 is 0 Å². The van der Waals surface area contributed by atoms with Crippen LogP contribution in [0.4, 0.5) is 11.8 Å². The summed E-state index contributed by atoms with van der Waals surface area (Å²) in [6.07, 6.45) is 0. The zero-order valence-electron chi connectivity index (χ0n) is 17.1. The van der Waals surface area contributed by atoms with Gasteiger partial charge in [0, 0.05) is 49.9 Å². The van der Waals surface area contributed by atoms with Gasteiger partial charge in [-0.1, -0.05) is 0 Å². The van der Waals surface area contributed by atoms with E-state index in [4.69, 9.17) is 0 Å². The second-order valence-electron chi connectivity index (χ2n) is 6.98. The fraction of sp³-hybridized carbons (Fsp3) is 0.421. The molecule has 11 heteroatoms. The van der Waals surface area contributed by atoms with Crippen LogP contribution in [-0.4, -0.2) is 60.4 Å². The highest BCUT2D eigenvalue weighted by atomic mass is 32.2. The smallest absolute Gasteiger partial charge is 0.252 e. The summed E-state index contributed by atoms with van der Waals surface area (Å²) in [6.45, 7) is 8.65. The summed E-state index contributed by atoms with van der Waals surface area (Å²) in [4.78, 5) is 16.4. The minimum Gasteiger partial charge on any atom is -0.354 e. The van der Waals surface area contributed by atoms with Crippen LogP contribution in [0, 0.1) is 13.8 Å². The highest BCUT2D eigenvalue weighted by molar-refractivity contribution is 7.91. The molecule has 0 saturated carbocycles. The van der Waals surface area contributed by atoms with Crippen LogP contribution >= 0.6 is 22.7 Å². The van der Waals surface area contributed by atoms with E-state index in [0.717, 1.165) is 33.6 Å². The second kappa shape index (κ2) is 8.58. The average molecular weight is 465 g/mol. The Hall–Kier alpha value is -2.08. The number of nitrogens with one attached hydrogen (secondary N) is 1. The van der Waals surface area contributed by atoms with E-state index in [9.17, 15) is 8.42 Å². The maximum absolute atomic E-state index is 13.1. The standard InChI is InChI=1S/C19H24N6O2S3/c1-4-20-19-21-13(2)11-17(23-19)24-7-9-25(10-8-24)30(26,27)18-6-5-16(29-18)15-12-28-14(3)22-15/h5-6,11-12H,4,7-10H2,1-3H3,(H,20,21,23). The SMILES string of the molecule is CCNc1nc(C)cc(N2CCN(S(=O)(=O)c3ccc(-c4csc(C)n4)s3)CC2)n1. The van der Waals surface area contributed by atoms with Gasteiger partial charge < -0.3 is 10.2 Å². The number of aryl methyl sites for hydroxylation is 2. The maximum atomic E-state index is 13.1. The van der Waals surface area contributed by atoms with E-state index in [2.05, 4.69) is 25.2 Å². The molecule has 0 unspecified atom stereocenters. The van der Waals surface area contributed by atoms with Gasteiger partial charge in [0.1, 0.15) is 10.0 Å². The minimum atomic E-state index is -3.52. The molecule has 160 valence electrons. The fourth-order valence-electron chi connectivity index (χ4n) is 3.31. The Morgan fingerprint density at radius 3 is 2.53 bits per heavy atom. The molecule has 1 saturated heterocycles. The Morgan fingerprint density at radius 1 is 1.10 bits per heavy atom. The number of anilines is 2. The zero-order valence-corrected chi connectivity index (χ0v) is 19.6. The number of sulfonamides is 1. The maximum Gasteiger partial charge on any atom is 0.252 e. The molecule has 0 radical (unpaired) electrons. The van der Waals surface area contributed by atoms with Crippen LogP contribution in [0.25, 0.3) is 10.6 Å². The van der Waals surface area contributed by atoms with E-state index in [-0.39, 0.29) is 0 Å².